The van der Waals surface area contributed by atoms with Crippen LogP contribution in [0.5, 0.6) is 0 Å². The fourth-order valence-electron chi connectivity index (χ4n) is 1.92. The van der Waals surface area contributed by atoms with Crippen LogP contribution in [-0.4, -0.2) is 32.6 Å². The third-order valence-electron chi connectivity index (χ3n) is 2.83. The van der Waals surface area contributed by atoms with Crippen molar-refractivity contribution in [3.63, 3.8) is 0 Å². The van der Waals surface area contributed by atoms with Gasteiger partial charge in [-0.05, 0) is 0 Å². The van der Waals surface area contributed by atoms with Crippen LogP contribution in [0, 0.1) is 0 Å². The largest absolute Gasteiger partial charge is 0.312 e. The SMILES string of the molecule is O=C(Nc1n[nH]c2c1CNCC2)c1cnccn1. The van der Waals surface area contributed by atoms with E-state index in [4.69, 9.17) is 0 Å². The molecule has 0 bridgehead atoms. The molecule has 92 valence electrons. The molecule has 0 saturated carbocycles. The van der Waals surface area contributed by atoms with Gasteiger partial charge in [0, 0.05) is 43.2 Å². The monoisotopic (exact) mass is 244 g/mol. The summed E-state index contributed by atoms with van der Waals surface area (Å²) in [5.41, 5.74) is 2.36. The highest BCUT2D eigenvalue weighted by atomic mass is 16.2. The van der Waals surface area contributed by atoms with Crippen molar-refractivity contribution in [1.29, 1.82) is 0 Å². The summed E-state index contributed by atoms with van der Waals surface area (Å²) in [5.74, 6) is 0.260. The highest BCUT2D eigenvalue weighted by Gasteiger charge is 2.18. The van der Waals surface area contributed by atoms with Gasteiger partial charge in [0.15, 0.2) is 5.82 Å². The number of nitrogens with zero attached hydrogens (tertiary/aromatic N) is 3. The lowest BCUT2D eigenvalue weighted by Crippen LogP contribution is -2.24. The topological polar surface area (TPSA) is 95.6 Å². The first-order chi connectivity index (χ1) is 8.84. The summed E-state index contributed by atoms with van der Waals surface area (Å²) in [7, 11) is 0. The van der Waals surface area contributed by atoms with Gasteiger partial charge in [0.25, 0.3) is 5.91 Å². The van der Waals surface area contributed by atoms with Gasteiger partial charge in [-0.25, -0.2) is 4.98 Å². The maximum atomic E-state index is 11.9. The molecule has 3 rings (SSSR count). The van der Waals surface area contributed by atoms with E-state index in [0.29, 0.717) is 12.4 Å². The van der Waals surface area contributed by atoms with Gasteiger partial charge in [-0.2, -0.15) is 5.10 Å². The smallest absolute Gasteiger partial charge is 0.277 e. The van der Waals surface area contributed by atoms with E-state index < -0.39 is 0 Å². The van der Waals surface area contributed by atoms with Gasteiger partial charge in [-0.1, -0.05) is 0 Å². The number of aromatic nitrogens is 4. The lowest BCUT2D eigenvalue weighted by atomic mass is 10.1. The van der Waals surface area contributed by atoms with Gasteiger partial charge >= 0.3 is 0 Å². The van der Waals surface area contributed by atoms with E-state index in [0.717, 1.165) is 24.2 Å². The van der Waals surface area contributed by atoms with Crippen molar-refractivity contribution in [2.45, 2.75) is 13.0 Å². The minimum Gasteiger partial charge on any atom is -0.312 e. The molecule has 0 radical (unpaired) electrons. The molecule has 1 aliphatic rings. The number of rotatable bonds is 2. The number of aromatic amines is 1. The molecule has 3 N–H and O–H groups in total. The van der Waals surface area contributed by atoms with Crippen molar-refractivity contribution >= 4 is 11.7 Å². The molecule has 0 saturated heterocycles. The molecule has 1 amide bonds. The predicted octanol–water partition coefficient (Wildman–Crippen LogP) is 0.0977. The van der Waals surface area contributed by atoms with Crippen molar-refractivity contribution in [2.24, 2.45) is 0 Å². The summed E-state index contributed by atoms with van der Waals surface area (Å²) in [6.45, 7) is 1.63. The standard InChI is InChI=1S/C11H12N6O/c18-11(9-6-13-3-4-14-9)15-10-7-5-12-2-1-8(7)16-17-10/h3-4,6,12H,1-2,5H2,(H2,15,16,17,18). The first kappa shape index (κ1) is 10.8. The average molecular weight is 244 g/mol. The van der Waals surface area contributed by atoms with Gasteiger partial charge in [0.2, 0.25) is 0 Å². The van der Waals surface area contributed by atoms with Crippen LogP contribution in [0.1, 0.15) is 21.7 Å². The van der Waals surface area contributed by atoms with Crippen molar-refractivity contribution in [3.8, 4) is 0 Å². The lowest BCUT2D eigenvalue weighted by Gasteiger charge is -2.12. The average Bonchev–Trinajstić information content (AvgIpc) is 2.83. The molecule has 18 heavy (non-hydrogen) atoms. The fourth-order valence-corrected chi connectivity index (χ4v) is 1.92. The van der Waals surface area contributed by atoms with E-state index in [-0.39, 0.29) is 11.6 Å². The van der Waals surface area contributed by atoms with Crippen molar-refractivity contribution in [1.82, 2.24) is 25.5 Å². The summed E-state index contributed by atoms with van der Waals surface area (Å²) in [6, 6.07) is 0. The Morgan fingerprint density at radius 3 is 3.17 bits per heavy atom. The molecule has 1 aliphatic heterocycles. The summed E-state index contributed by atoms with van der Waals surface area (Å²) in [4.78, 5) is 19.7. The van der Waals surface area contributed by atoms with Crippen LogP contribution >= 0.6 is 0 Å². The summed E-state index contributed by atoms with van der Waals surface area (Å²) >= 11 is 0. The number of nitrogens with one attached hydrogen (secondary N) is 3. The quantitative estimate of drug-likeness (QED) is 0.696. The number of amides is 1. The first-order valence-corrected chi connectivity index (χ1v) is 5.69. The van der Waals surface area contributed by atoms with Crippen molar-refractivity contribution < 1.29 is 4.79 Å². The zero-order valence-corrected chi connectivity index (χ0v) is 9.60. The molecule has 2 aromatic rings. The van der Waals surface area contributed by atoms with Gasteiger partial charge in [-0.3, -0.25) is 14.9 Å². The number of hydrogen-bond acceptors (Lipinski definition) is 5. The van der Waals surface area contributed by atoms with Crippen LogP contribution in [0.25, 0.3) is 0 Å². The molecule has 7 nitrogen and oxygen atoms in total. The van der Waals surface area contributed by atoms with Gasteiger partial charge in [0.1, 0.15) is 5.69 Å². The van der Waals surface area contributed by atoms with Crippen LogP contribution in [0.4, 0.5) is 5.82 Å². The molecule has 0 unspecified atom stereocenters. The second kappa shape index (κ2) is 4.53. The van der Waals surface area contributed by atoms with E-state index in [1.54, 1.807) is 0 Å². The van der Waals surface area contributed by atoms with E-state index in [9.17, 15) is 4.79 Å². The zero-order chi connectivity index (χ0) is 12.4. The number of fused-ring (bicyclic) bond motifs is 1. The molecule has 0 aliphatic carbocycles. The molecule has 0 fully saturated rings. The van der Waals surface area contributed by atoms with E-state index in [1.807, 2.05) is 0 Å². The number of carbonyl (C=O) groups is 1. The number of anilines is 1. The molecular weight excluding hydrogens is 232 g/mol. The van der Waals surface area contributed by atoms with Gasteiger partial charge in [-0.15, -0.1) is 0 Å². The summed E-state index contributed by atoms with van der Waals surface area (Å²) < 4.78 is 0. The molecule has 0 aromatic carbocycles. The van der Waals surface area contributed by atoms with Crippen LogP contribution in [0.3, 0.4) is 0 Å². The molecule has 2 aromatic heterocycles. The van der Waals surface area contributed by atoms with Crippen LogP contribution in [0.15, 0.2) is 18.6 Å². The van der Waals surface area contributed by atoms with Gasteiger partial charge < -0.3 is 10.6 Å². The molecule has 0 atom stereocenters. The Bertz CT molecular complexity index is 564. The minimum atomic E-state index is -0.303. The Labute approximate surface area is 103 Å². The number of H-pyrrole nitrogens is 1. The van der Waals surface area contributed by atoms with Crippen LogP contribution < -0.4 is 10.6 Å². The first-order valence-electron chi connectivity index (χ1n) is 5.69. The number of hydrogen-bond donors (Lipinski definition) is 3. The van der Waals surface area contributed by atoms with Crippen molar-refractivity contribution in [2.75, 3.05) is 11.9 Å². The van der Waals surface area contributed by atoms with E-state index in [1.165, 1.54) is 18.6 Å². The molecular formula is C11H12N6O. The Kier molecular flexibility index (Phi) is 2.73. The Morgan fingerprint density at radius 2 is 2.33 bits per heavy atom. The second-order valence-corrected chi connectivity index (χ2v) is 4.00. The van der Waals surface area contributed by atoms with Crippen LogP contribution in [0.2, 0.25) is 0 Å². The predicted molar refractivity (Wildman–Crippen MR) is 64.0 cm³/mol. The Morgan fingerprint density at radius 1 is 1.39 bits per heavy atom. The van der Waals surface area contributed by atoms with Gasteiger partial charge in [0.05, 0.1) is 6.20 Å². The maximum Gasteiger partial charge on any atom is 0.277 e. The summed E-state index contributed by atoms with van der Waals surface area (Å²) in [6.07, 6.45) is 5.32. The lowest BCUT2D eigenvalue weighted by molar-refractivity contribution is 0.102. The second-order valence-electron chi connectivity index (χ2n) is 4.00. The number of carbonyl (C=O) groups excluding carboxylic acids is 1. The third kappa shape index (κ3) is 1.95. The van der Waals surface area contributed by atoms with E-state index >= 15 is 0 Å². The highest BCUT2D eigenvalue weighted by Crippen LogP contribution is 2.19. The Balaban J connectivity index is 1.81. The fraction of sp³-hybridized carbons (Fsp3) is 0.273. The maximum absolute atomic E-state index is 11.9. The summed E-state index contributed by atoms with van der Waals surface area (Å²) in [5, 5.41) is 13.0. The highest BCUT2D eigenvalue weighted by molar-refractivity contribution is 6.02. The third-order valence-corrected chi connectivity index (χ3v) is 2.83. The molecule has 0 spiro atoms. The molecule has 3 heterocycles. The van der Waals surface area contributed by atoms with Crippen molar-refractivity contribution in [3.05, 3.63) is 35.5 Å². The van der Waals surface area contributed by atoms with Crippen LogP contribution in [-0.2, 0) is 13.0 Å². The molecule has 7 heteroatoms. The normalized spacial score (nSPS) is 14.0. The Hall–Kier alpha value is -2.28. The minimum absolute atomic E-state index is 0.276. The van der Waals surface area contributed by atoms with E-state index in [2.05, 4.69) is 30.8 Å². The zero-order valence-electron chi connectivity index (χ0n) is 9.60.